The first-order valence-corrected chi connectivity index (χ1v) is 7.61. The molecule has 4 heteroatoms. The zero-order valence-electron chi connectivity index (χ0n) is 11.4. The number of hydrogen-bond donors (Lipinski definition) is 0. The molecule has 0 unspecified atom stereocenters. The van der Waals surface area contributed by atoms with Crippen LogP contribution in [0, 0.1) is 13.8 Å². The van der Waals surface area contributed by atoms with Crippen LogP contribution in [0.3, 0.4) is 0 Å². The Morgan fingerprint density at radius 2 is 1.65 bits per heavy atom. The fourth-order valence-corrected chi connectivity index (χ4v) is 2.50. The van der Waals surface area contributed by atoms with Gasteiger partial charge in [-0.3, -0.25) is 0 Å². The summed E-state index contributed by atoms with van der Waals surface area (Å²) in [5.74, 6) is 0. The Kier molecular flexibility index (Phi) is 4.25. The lowest BCUT2D eigenvalue weighted by atomic mass is 10.1. The second-order valence-corrected chi connectivity index (χ2v) is 6.15. The quantitative estimate of drug-likeness (QED) is 0.636. The summed E-state index contributed by atoms with van der Waals surface area (Å²) < 4.78 is 28.7. The molecule has 3 nitrogen and oxygen atoms in total. The normalized spacial score (nSPS) is 11.7. The minimum Gasteiger partial charge on any atom is -0.387 e. The highest BCUT2D eigenvalue weighted by Crippen LogP contribution is 2.14. The van der Waals surface area contributed by atoms with Crippen molar-refractivity contribution in [2.24, 2.45) is 0 Å². The Balaban J connectivity index is 2.11. The standard InChI is InChI=1S/C16H16O3S/c1-13-6-8-16(9-7-13)20(17,18)19-11-10-15-5-3-4-14(2)12-15/h3-12H,1-2H3. The number of hydrogen-bond acceptors (Lipinski definition) is 3. The maximum Gasteiger partial charge on any atom is 0.338 e. The molecule has 2 rings (SSSR count). The van der Waals surface area contributed by atoms with Crippen molar-refractivity contribution < 1.29 is 12.6 Å². The van der Waals surface area contributed by atoms with Gasteiger partial charge in [0.2, 0.25) is 0 Å². The van der Waals surface area contributed by atoms with Gasteiger partial charge in [-0.25, -0.2) is 0 Å². The second-order valence-electron chi connectivity index (χ2n) is 4.58. The Morgan fingerprint density at radius 1 is 0.950 bits per heavy atom. The van der Waals surface area contributed by atoms with E-state index >= 15 is 0 Å². The predicted molar refractivity (Wildman–Crippen MR) is 79.7 cm³/mol. The Bertz CT molecular complexity index is 714. The van der Waals surface area contributed by atoms with Crippen molar-refractivity contribution in [1.82, 2.24) is 0 Å². The van der Waals surface area contributed by atoms with Crippen molar-refractivity contribution in [2.45, 2.75) is 18.7 Å². The van der Waals surface area contributed by atoms with Crippen LogP contribution in [-0.2, 0) is 14.3 Å². The minimum atomic E-state index is -3.74. The highest BCUT2D eigenvalue weighted by molar-refractivity contribution is 7.86. The monoisotopic (exact) mass is 288 g/mol. The van der Waals surface area contributed by atoms with E-state index in [-0.39, 0.29) is 4.90 Å². The maximum atomic E-state index is 11.9. The molecule has 0 atom stereocenters. The van der Waals surface area contributed by atoms with Gasteiger partial charge in [-0.05, 0) is 37.6 Å². The van der Waals surface area contributed by atoms with Crippen molar-refractivity contribution in [3.63, 3.8) is 0 Å². The van der Waals surface area contributed by atoms with Gasteiger partial charge in [0, 0.05) is 0 Å². The van der Waals surface area contributed by atoms with Crippen LogP contribution in [0.4, 0.5) is 0 Å². The van der Waals surface area contributed by atoms with Gasteiger partial charge in [0.25, 0.3) is 0 Å². The molecule has 0 bridgehead atoms. The molecule has 0 amide bonds. The zero-order valence-corrected chi connectivity index (χ0v) is 12.2. The lowest BCUT2D eigenvalue weighted by Gasteiger charge is -2.03. The fraction of sp³-hybridized carbons (Fsp3) is 0.125. The molecule has 0 aliphatic rings. The van der Waals surface area contributed by atoms with Gasteiger partial charge >= 0.3 is 10.1 Å². The molecule has 0 radical (unpaired) electrons. The van der Waals surface area contributed by atoms with E-state index in [0.29, 0.717) is 0 Å². The van der Waals surface area contributed by atoms with Crippen LogP contribution in [0.2, 0.25) is 0 Å². The molecule has 0 heterocycles. The summed E-state index contributed by atoms with van der Waals surface area (Å²) in [6, 6.07) is 14.2. The van der Waals surface area contributed by atoms with Gasteiger partial charge in [-0.15, -0.1) is 0 Å². The van der Waals surface area contributed by atoms with E-state index in [2.05, 4.69) is 0 Å². The van der Waals surface area contributed by atoms with Gasteiger partial charge in [-0.1, -0.05) is 47.5 Å². The zero-order chi connectivity index (χ0) is 14.6. The van der Waals surface area contributed by atoms with E-state index in [0.717, 1.165) is 16.7 Å². The van der Waals surface area contributed by atoms with E-state index < -0.39 is 10.1 Å². The van der Waals surface area contributed by atoms with E-state index in [9.17, 15) is 8.42 Å². The summed E-state index contributed by atoms with van der Waals surface area (Å²) in [6.45, 7) is 3.87. The molecule has 0 spiro atoms. The van der Waals surface area contributed by atoms with Crippen LogP contribution < -0.4 is 0 Å². The molecule has 2 aromatic carbocycles. The van der Waals surface area contributed by atoms with E-state index in [1.54, 1.807) is 18.2 Å². The maximum absolute atomic E-state index is 11.9. The lowest BCUT2D eigenvalue weighted by Crippen LogP contribution is -2.01. The molecule has 0 saturated carbocycles. The van der Waals surface area contributed by atoms with E-state index in [1.807, 2.05) is 38.1 Å². The number of benzene rings is 2. The van der Waals surface area contributed by atoms with Gasteiger partial charge in [-0.2, -0.15) is 8.42 Å². The van der Waals surface area contributed by atoms with Crippen molar-refractivity contribution in [1.29, 1.82) is 0 Å². The highest BCUT2D eigenvalue weighted by Gasteiger charge is 2.13. The first kappa shape index (κ1) is 14.3. The molecule has 104 valence electrons. The summed E-state index contributed by atoms with van der Waals surface area (Å²) in [7, 11) is -3.74. The SMILES string of the molecule is Cc1ccc(S(=O)(=O)OC=Cc2cccc(C)c2)cc1. The van der Waals surface area contributed by atoms with Gasteiger partial charge < -0.3 is 4.18 Å². The Labute approximate surface area is 119 Å². The molecular formula is C16H16O3S. The third kappa shape index (κ3) is 3.71. The van der Waals surface area contributed by atoms with Crippen molar-refractivity contribution in [2.75, 3.05) is 0 Å². The van der Waals surface area contributed by atoms with Crippen molar-refractivity contribution in [3.05, 3.63) is 71.5 Å². The first-order valence-electron chi connectivity index (χ1n) is 6.20. The van der Waals surface area contributed by atoms with Crippen LogP contribution in [0.15, 0.2) is 59.7 Å². The third-order valence-electron chi connectivity index (χ3n) is 2.79. The topological polar surface area (TPSA) is 43.4 Å². The third-order valence-corrected chi connectivity index (χ3v) is 4.01. The molecule has 0 N–H and O–H groups in total. The van der Waals surface area contributed by atoms with Crippen LogP contribution in [0.5, 0.6) is 0 Å². The fourth-order valence-electron chi connectivity index (χ4n) is 1.71. The van der Waals surface area contributed by atoms with E-state index in [4.69, 9.17) is 4.18 Å². The lowest BCUT2D eigenvalue weighted by molar-refractivity contribution is 0.446. The largest absolute Gasteiger partial charge is 0.387 e. The first-order chi connectivity index (χ1) is 9.47. The van der Waals surface area contributed by atoms with Crippen LogP contribution in [-0.4, -0.2) is 8.42 Å². The molecule has 0 aliphatic heterocycles. The molecular weight excluding hydrogens is 272 g/mol. The van der Waals surface area contributed by atoms with Gasteiger partial charge in [0.05, 0.1) is 0 Å². The molecule has 0 aromatic heterocycles. The summed E-state index contributed by atoms with van der Waals surface area (Å²) in [4.78, 5) is 0.150. The van der Waals surface area contributed by atoms with Crippen LogP contribution in [0.1, 0.15) is 16.7 Å². The molecule has 0 saturated heterocycles. The Hall–Kier alpha value is -2.07. The van der Waals surface area contributed by atoms with Gasteiger partial charge in [0.1, 0.15) is 11.2 Å². The molecule has 0 aliphatic carbocycles. The number of aryl methyl sites for hydroxylation is 2. The average Bonchev–Trinajstić information content (AvgIpc) is 2.39. The van der Waals surface area contributed by atoms with E-state index in [1.165, 1.54) is 18.4 Å². The number of rotatable bonds is 4. The van der Waals surface area contributed by atoms with Crippen molar-refractivity contribution in [3.8, 4) is 0 Å². The highest BCUT2D eigenvalue weighted by atomic mass is 32.2. The minimum absolute atomic E-state index is 0.150. The van der Waals surface area contributed by atoms with Crippen LogP contribution >= 0.6 is 0 Å². The Morgan fingerprint density at radius 3 is 2.30 bits per heavy atom. The van der Waals surface area contributed by atoms with Crippen molar-refractivity contribution >= 4 is 16.2 Å². The average molecular weight is 288 g/mol. The molecule has 20 heavy (non-hydrogen) atoms. The smallest absolute Gasteiger partial charge is 0.338 e. The van der Waals surface area contributed by atoms with Crippen LogP contribution in [0.25, 0.3) is 6.08 Å². The molecule has 2 aromatic rings. The molecule has 0 fully saturated rings. The predicted octanol–water partition coefficient (Wildman–Crippen LogP) is 3.68. The van der Waals surface area contributed by atoms with Gasteiger partial charge in [0.15, 0.2) is 0 Å². The summed E-state index contributed by atoms with van der Waals surface area (Å²) in [6.07, 6.45) is 2.82. The summed E-state index contributed by atoms with van der Waals surface area (Å²) in [5, 5.41) is 0. The summed E-state index contributed by atoms with van der Waals surface area (Å²) in [5.41, 5.74) is 3.00. The second kappa shape index (κ2) is 5.92. The summed E-state index contributed by atoms with van der Waals surface area (Å²) >= 11 is 0.